The van der Waals surface area contributed by atoms with E-state index in [1.165, 1.54) is 0 Å². The lowest BCUT2D eigenvalue weighted by Crippen LogP contribution is -2.19. The van der Waals surface area contributed by atoms with Crippen LogP contribution in [0.15, 0.2) is 66.7 Å². The summed E-state index contributed by atoms with van der Waals surface area (Å²) in [4.78, 5) is 10.9. The molecule has 4 N–H and O–H groups in total. The summed E-state index contributed by atoms with van der Waals surface area (Å²) in [5, 5.41) is 6.58. The summed E-state index contributed by atoms with van der Waals surface area (Å²) in [6.07, 6.45) is 0. The summed E-state index contributed by atoms with van der Waals surface area (Å²) in [5.41, 5.74) is 9.79. The molecule has 138 valence electrons. The Morgan fingerprint density at radius 2 is 1.78 bits per heavy atom. The molecule has 0 bridgehead atoms. The average Bonchev–Trinajstić information content (AvgIpc) is 2.67. The number of primary amides is 1. The lowest BCUT2D eigenvalue weighted by Gasteiger charge is -2.13. The molecule has 0 atom stereocenters. The molecule has 5 nitrogen and oxygen atoms in total. The lowest BCUT2D eigenvalue weighted by atomic mass is 10.0. The van der Waals surface area contributed by atoms with E-state index in [1.54, 1.807) is 19.2 Å². The predicted molar refractivity (Wildman–Crippen MR) is 110 cm³/mol. The van der Waals surface area contributed by atoms with E-state index in [9.17, 15) is 4.79 Å². The first-order chi connectivity index (χ1) is 13.0. The molecule has 2 amide bonds. The van der Waals surface area contributed by atoms with Gasteiger partial charge in [-0.1, -0.05) is 29.8 Å². The van der Waals surface area contributed by atoms with Crippen molar-refractivity contribution in [3.05, 3.63) is 77.3 Å². The highest BCUT2D eigenvalue weighted by molar-refractivity contribution is 6.30. The zero-order valence-electron chi connectivity index (χ0n) is 14.8. The highest BCUT2D eigenvalue weighted by atomic mass is 35.5. The molecular weight excluding hydrogens is 362 g/mol. The molecule has 0 fully saturated rings. The zero-order valence-corrected chi connectivity index (χ0v) is 15.6. The van der Waals surface area contributed by atoms with E-state index in [-0.39, 0.29) is 0 Å². The van der Waals surface area contributed by atoms with Gasteiger partial charge in [0, 0.05) is 28.5 Å². The van der Waals surface area contributed by atoms with Gasteiger partial charge >= 0.3 is 6.03 Å². The fraction of sp³-hybridized carbons (Fsp3) is 0.0952. The van der Waals surface area contributed by atoms with Crippen LogP contribution < -0.4 is 21.1 Å². The van der Waals surface area contributed by atoms with Crippen molar-refractivity contribution in [2.45, 2.75) is 6.54 Å². The third-order valence-corrected chi connectivity index (χ3v) is 4.28. The number of urea groups is 1. The van der Waals surface area contributed by atoms with Crippen LogP contribution in [0.1, 0.15) is 5.56 Å². The van der Waals surface area contributed by atoms with Gasteiger partial charge in [-0.3, -0.25) is 0 Å². The Morgan fingerprint density at radius 1 is 1.04 bits per heavy atom. The zero-order chi connectivity index (χ0) is 19.2. The number of amides is 2. The summed E-state index contributed by atoms with van der Waals surface area (Å²) in [6.45, 7) is 0.639. The smallest absolute Gasteiger partial charge is 0.316 e. The third kappa shape index (κ3) is 4.92. The first kappa shape index (κ1) is 18.6. The van der Waals surface area contributed by atoms with Crippen molar-refractivity contribution >= 4 is 29.0 Å². The molecular formula is C21H20ClN3O2. The topological polar surface area (TPSA) is 76.4 Å². The van der Waals surface area contributed by atoms with Crippen LogP contribution >= 0.6 is 11.6 Å². The maximum absolute atomic E-state index is 10.9. The summed E-state index contributed by atoms with van der Waals surface area (Å²) in [6, 6.07) is 20.5. The van der Waals surface area contributed by atoms with Gasteiger partial charge in [0.15, 0.2) is 0 Å². The number of benzene rings is 3. The third-order valence-electron chi connectivity index (χ3n) is 4.05. The molecule has 6 heteroatoms. The summed E-state index contributed by atoms with van der Waals surface area (Å²) < 4.78 is 5.49. The number of halogens is 1. The Balaban J connectivity index is 1.75. The average molecular weight is 382 g/mol. The minimum absolute atomic E-state index is 0.581. The molecule has 0 spiro atoms. The number of nitrogens with two attached hydrogens (primary N) is 1. The maximum atomic E-state index is 10.9. The van der Waals surface area contributed by atoms with Gasteiger partial charge in [-0.15, -0.1) is 0 Å². The SMILES string of the molecule is COc1ccc(CNc2ccc(NC(N)=O)cc2)cc1-c1cccc(Cl)c1. The highest BCUT2D eigenvalue weighted by Gasteiger charge is 2.08. The van der Waals surface area contributed by atoms with E-state index < -0.39 is 6.03 Å². The molecule has 0 unspecified atom stereocenters. The van der Waals surface area contributed by atoms with Gasteiger partial charge in [-0.2, -0.15) is 0 Å². The number of carbonyl (C=O) groups is 1. The second kappa shape index (κ2) is 8.47. The second-order valence-electron chi connectivity index (χ2n) is 5.97. The first-order valence-electron chi connectivity index (χ1n) is 8.38. The van der Waals surface area contributed by atoms with Gasteiger partial charge in [0.1, 0.15) is 5.75 Å². The number of ether oxygens (including phenoxy) is 1. The van der Waals surface area contributed by atoms with Crippen molar-refractivity contribution in [2.24, 2.45) is 5.73 Å². The number of anilines is 2. The van der Waals surface area contributed by atoms with Crippen molar-refractivity contribution in [1.29, 1.82) is 0 Å². The maximum Gasteiger partial charge on any atom is 0.316 e. The Kier molecular flexibility index (Phi) is 5.84. The minimum atomic E-state index is -0.581. The van der Waals surface area contributed by atoms with Crippen molar-refractivity contribution in [3.8, 4) is 16.9 Å². The van der Waals surface area contributed by atoms with Gasteiger partial charge < -0.3 is 21.1 Å². The normalized spacial score (nSPS) is 10.3. The monoisotopic (exact) mass is 381 g/mol. The Hall–Kier alpha value is -3.18. The van der Waals surface area contributed by atoms with Crippen LogP contribution in [-0.2, 0) is 6.54 Å². The Morgan fingerprint density at radius 3 is 2.44 bits per heavy atom. The molecule has 0 aliphatic rings. The molecule has 0 aliphatic heterocycles. The van der Waals surface area contributed by atoms with Gasteiger partial charge in [-0.25, -0.2) is 4.79 Å². The second-order valence-corrected chi connectivity index (χ2v) is 6.40. The largest absolute Gasteiger partial charge is 0.496 e. The molecule has 27 heavy (non-hydrogen) atoms. The quantitative estimate of drug-likeness (QED) is 0.554. The first-order valence-corrected chi connectivity index (χ1v) is 8.76. The number of rotatable bonds is 6. The summed E-state index contributed by atoms with van der Waals surface area (Å²) in [7, 11) is 1.66. The van der Waals surface area contributed by atoms with Crippen LogP contribution in [0.2, 0.25) is 5.02 Å². The van der Waals surface area contributed by atoms with Crippen molar-refractivity contribution < 1.29 is 9.53 Å². The molecule has 0 aliphatic carbocycles. The fourth-order valence-corrected chi connectivity index (χ4v) is 2.95. The summed E-state index contributed by atoms with van der Waals surface area (Å²) >= 11 is 6.13. The number of hydrogen-bond donors (Lipinski definition) is 3. The van der Waals surface area contributed by atoms with Crippen LogP contribution in [0.25, 0.3) is 11.1 Å². The van der Waals surface area contributed by atoms with Gasteiger partial charge in [0.25, 0.3) is 0 Å². The van der Waals surface area contributed by atoms with E-state index >= 15 is 0 Å². The van der Waals surface area contributed by atoms with Crippen LogP contribution in [0.5, 0.6) is 5.75 Å². The molecule has 0 saturated carbocycles. The number of carbonyl (C=O) groups excluding carboxylic acids is 1. The molecule has 0 saturated heterocycles. The molecule has 3 aromatic carbocycles. The molecule has 3 aromatic rings. The fourth-order valence-electron chi connectivity index (χ4n) is 2.76. The predicted octanol–water partition coefficient (Wildman–Crippen LogP) is 5.12. The Labute approximate surface area is 163 Å². The van der Waals surface area contributed by atoms with Gasteiger partial charge in [0.2, 0.25) is 0 Å². The lowest BCUT2D eigenvalue weighted by molar-refractivity contribution is 0.259. The van der Waals surface area contributed by atoms with E-state index in [0.29, 0.717) is 17.3 Å². The number of methoxy groups -OCH3 is 1. The van der Waals surface area contributed by atoms with Gasteiger partial charge in [0.05, 0.1) is 7.11 Å². The highest BCUT2D eigenvalue weighted by Crippen LogP contribution is 2.32. The van der Waals surface area contributed by atoms with Crippen LogP contribution in [0.3, 0.4) is 0 Å². The standard InChI is InChI=1S/C21H20ClN3O2/c1-27-20-10-5-14(11-19(20)15-3-2-4-16(22)12-15)13-24-17-6-8-18(9-7-17)25-21(23)26/h2-12,24H,13H2,1H3,(H3,23,25,26). The molecule has 3 rings (SSSR count). The van der Waals surface area contributed by atoms with Crippen molar-refractivity contribution in [2.75, 3.05) is 17.7 Å². The molecule has 0 radical (unpaired) electrons. The van der Waals surface area contributed by atoms with E-state index in [0.717, 1.165) is 28.1 Å². The van der Waals surface area contributed by atoms with Crippen LogP contribution in [0.4, 0.5) is 16.2 Å². The molecule has 0 aromatic heterocycles. The number of nitrogens with one attached hydrogen (secondary N) is 2. The minimum Gasteiger partial charge on any atom is -0.496 e. The van der Waals surface area contributed by atoms with Crippen molar-refractivity contribution in [3.63, 3.8) is 0 Å². The van der Waals surface area contributed by atoms with E-state index in [2.05, 4.69) is 16.7 Å². The Bertz CT molecular complexity index is 942. The van der Waals surface area contributed by atoms with E-state index in [4.69, 9.17) is 22.1 Å². The van der Waals surface area contributed by atoms with E-state index in [1.807, 2.05) is 48.5 Å². The van der Waals surface area contributed by atoms with Gasteiger partial charge in [-0.05, 0) is 59.7 Å². The van der Waals surface area contributed by atoms with Crippen LogP contribution in [0, 0.1) is 0 Å². The van der Waals surface area contributed by atoms with Crippen LogP contribution in [-0.4, -0.2) is 13.1 Å². The number of hydrogen-bond acceptors (Lipinski definition) is 3. The molecule has 0 heterocycles. The van der Waals surface area contributed by atoms with Crippen molar-refractivity contribution in [1.82, 2.24) is 0 Å². The summed E-state index contributed by atoms with van der Waals surface area (Å²) in [5.74, 6) is 0.794.